The Balaban J connectivity index is 3.09. The van der Waals surface area contributed by atoms with Gasteiger partial charge in [-0.15, -0.1) is 0 Å². The number of carbonyl (C=O) groups excluding carboxylic acids is 1. The highest BCUT2D eigenvalue weighted by Gasteiger charge is 1.92. The molecule has 0 aliphatic carbocycles. The second kappa shape index (κ2) is 5.06. The molecule has 0 fully saturated rings. The van der Waals surface area contributed by atoms with Crippen molar-refractivity contribution in [2.75, 3.05) is 20.1 Å². The summed E-state index contributed by atoms with van der Waals surface area (Å²) in [4.78, 5) is 10.4. The molecule has 9 heavy (non-hydrogen) atoms. The van der Waals surface area contributed by atoms with E-state index in [1.54, 1.807) is 7.05 Å². The monoisotopic (exact) mass is 127 g/mol. The van der Waals surface area contributed by atoms with E-state index in [-0.39, 0.29) is 19.0 Å². The minimum Gasteiger partial charge on any atom is -0.358 e. The highest BCUT2D eigenvalue weighted by molar-refractivity contribution is 5.77. The standard InChI is InChI=1S/C5H9N3O/c1-7-5(9)4-8-3-2-6/h8H,3-4H2,1H3,(H,7,9). The van der Waals surface area contributed by atoms with E-state index in [1.807, 2.05) is 6.07 Å². The number of amides is 1. The lowest BCUT2D eigenvalue weighted by molar-refractivity contribution is -0.119. The molecule has 0 rings (SSSR count). The molecule has 0 bridgehead atoms. The van der Waals surface area contributed by atoms with Gasteiger partial charge in [0.2, 0.25) is 5.91 Å². The summed E-state index contributed by atoms with van der Waals surface area (Å²) in [6.45, 7) is 0.428. The van der Waals surface area contributed by atoms with Gasteiger partial charge in [-0.05, 0) is 0 Å². The van der Waals surface area contributed by atoms with Gasteiger partial charge in [0.1, 0.15) is 0 Å². The molecular formula is C5H9N3O. The summed E-state index contributed by atoms with van der Waals surface area (Å²) in [5.41, 5.74) is 0. The third-order valence-corrected chi connectivity index (χ3v) is 0.768. The van der Waals surface area contributed by atoms with E-state index in [4.69, 9.17) is 5.26 Å². The Morgan fingerprint density at radius 3 is 2.89 bits per heavy atom. The van der Waals surface area contributed by atoms with Gasteiger partial charge in [0.05, 0.1) is 19.2 Å². The summed E-state index contributed by atoms with van der Waals surface area (Å²) >= 11 is 0. The molecule has 4 heteroatoms. The van der Waals surface area contributed by atoms with Gasteiger partial charge < -0.3 is 5.32 Å². The predicted octanol–water partition coefficient (Wildman–Crippen LogP) is -1.15. The molecule has 50 valence electrons. The summed E-state index contributed by atoms with van der Waals surface area (Å²) in [6, 6.07) is 1.86. The fourth-order valence-corrected chi connectivity index (χ4v) is 0.320. The maximum absolute atomic E-state index is 10.4. The molecule has 4 nitrogen and oxygen atoms in total. The highest BCUT2D eigenvalue weighted by Crippen LogP contribution is 1.58. The second-order valence-electron chi connectivity index (χ2n) is 1.43. The SMILES string of the molecule is CNC(=O)CNCC#N. The second-order valence-corrected chi connectivity index (χ2v) is 1.43. The average Bonchev–Trinajstić information content (AvgIpc) is 1.89. The predicted molar refractivity (Wildman–Crippen MR) is 32.5 cm³/mol. The van der Waals surface area contributed by atoms with E-state index < -0.39 is 0 Å². The molecule has 2 N–H and O–H groups in total. The Bertz CT molecular complexity index is 127. The number of hydrogen-bond acceptors (Lipinski definition) is 3. The summed E-state index contributed by atoms with van der Waals surface area (Å²) < 4.78 is 0. The fourth-order valence-electron chi connectivity index (χ4n) is 0.320. The highest BCUT2D eigenvalue weighted by atomic mass is 16.1. The van der Waals surface area contributed by atoms with E-state index in [0.29, 0.717) is 0 Å². The molecule has 0 heterocycles. The van der Waals surface area contributed by atoms with Crippen molar-refractivity contribution in [2.24, 2.45) is 0 Å². The van der Waals surface area contributed by atoms with Gasteiger partial charge in [-0.3, -0.25) is 10.1 Å². The van der Waals surface area contributed by atoms with Crippen molar-refractivity contribution in [1.29, 1.82) is 5.26 Å². The maximum Gasteiger partial charge on any atom is 0.233 e. The first kappa shape index (κ1) is 7.92. The molecule has 0 saturated heterocycles. The summed E-state index contributed by atoms with van der Waals surface area (Å²) in [6.07, 6.45) is 0. The quantitative estimate of drug-likeness (QED) is 0.371. The van der Waals surface area contributed by atoms with Crippen LogP contribution in [0.3, 0.4) is 0 Å². The number of nitrogens with one attached hydrogen (secondary N) is 2. The minimum atomic E-state index is -0.106. The molecule has 0 aromatic rings. The zero-order valence-corrected chi connectivity index (χ0v) is 5.27. The van der Waals surface area contributed by atoms with Crippen LogP contribution < -0.4 is 10.6 Å². The van der Waals surface area contributed by atoms with E-state index in [2.05, 4.69) is 10.6 Å². The van der Waals surface area contributed by atoms with Gasteiger partial charge in [0, 0.05) is 7.05 Å². The minimum absolute atomic E-state index is 0.106. The molecule has 0 radical (unpaired) electrons. The van der Waals surface area contributed by atoms with Gasteiger partial charge in [0.25, 0.3) is 0 Å². The average molecular weight is 127 g/mol. The molecule has 0 spiro atoms. The molecule has 1 amide bonds. The molecule has 0 aliphatic heterocycles. The van der Waals surface area contributed by atoms with Crippen LogP contribution in [0.5, 0.6) is 0 Å². The van der Waals surface area contributed by atoms with Crippen LogP contribution in [0.2, 0.25) is 0 Å². The fraction of sp³-hybridized carbons (Fsp3) is 0.600. The Hall–Kier alpha value is -1.08. The normalized spacial score (nSPS) is 8.00. The van der Waals surface area contributed by atoms with Gasteiger partial charge in [-0.2, -0.15) is 5.26 Å². The molecule has 0 aliphatic rings. The first-order chi connectivity index (χ1) is 4.31. The van der Waals surface area contributed by atoms with Gasteiger partial charge in [-0.25, -0.2) is 0 Å². The lowest BCUT2D eigenvalue weighted by Gasteiger charge is -1.96. The topological polar surface area (TPSA) is 64.9 Å². The van der Waals surface area contributed by atoms with E-state index >= 15 is 0 Å². The molecule has 0 aromatic carbocycles. The molecular weight excluding hydrogens is 118 g/mol. The van der Waals surface area contributed by atoms with Crippen molar-refractivity contribution in [2.45, 2.75) is 0 Å². The van der Waals surface area contributed by atoms with E-state index in [9.17, 15) is 4.79 Å². The van der Waals surface area contributed by atoms with E-state index in [0.717, 1.165) is 0 Å². The van der Waals surface area contributed by atoms with Crippen molar-refractivity contribution < 1.29 is 4.79 Å². The Morgan fingerprint density at radius 2 is 2.44 bits per heavy atom. The van der Waals surface area contributed by atoms with Crippen LogP contribution >= 0.6 is 0 Å². The lowest BCUT2D eigenvalue weighted by atomic mass is 10.5. The summed E-state index contributed by atoms with van der Waals surface area (Å²) in [7, 11) is 1.55. The molecule has 0 unspecified atom stereocenters. The number of carbonyl (C=O) groups is 1. The number of nitrogens with zero attached hydrogens (tertiary/aromatic N) is 1. The van der Waals surface area contributed by atoms with Crippen LogP contribution in [0.15, 0.2) is 0 Å². The maximum atomic E-state index is 10.4. The lowest BCUT2D eigenvalue weighted by Crippen LogP contribution is -2.31. The van der Waals surface area contributed by atoms with Crippen LogP contribution in [-0.4, -0.2) is 26.0 Å². The number of nitriles is 1. The zero-order chi connectivity index (χ0) is 7.11. The first-order valence-corrected chi connectivity index (χ1v) is 2.59. The summed E-state index contributed by atoms with van der Waals surface area (Å²) in [5.74, 6) is -0.106. The zero-order valence-electron chi connectivity index (χ0n) is 5.27. The van der Waals surface area contributed by atoms with Gasteiger partial charge in [0.15, 0.2) is 0 Å². The first-order valence-electron chi connectivity index (χ1n) is 2.59. The van der Waals surface area contributed by atoms with Crippen LogP contribution in [0.1, 0.15) is 0 Å². The number of likely N-dealkylation sites (N-methyl/N-ethyl adjacent to an activating group) is 1. The summed E-state index contributed by atoms with van der Waals surface area (Å²) in [5, 5.41) is 13.0. The Labute approximate surface area is 53.9 Å². The van der Waals surface area contributed by atoms with Crippen molar-refractivity contribution in [1.82, 2.24) is 10.6 Å². The van der Waals surface area contributed by atoms with Crippen molar-refractivity contribution in [3.05, 3.63) is 0 Å². The third-order valence-electron chi connectivity index (χ3n) is 0.768. The van der Waals surface area contributed by atoms with E-state index in [1.165, 1.54) is 0 Å². The van der Waals surface area contributed by atoms with Crippen molar-refractivity contribution >= 4 is 5.91 Å². The molecule has 0 saturated carbocycles. The van der Waals surface area contributed by atoms with Gasteiger partial charge in [-0.1, -0.05) is 0 Å². The van der Waals surface area contributed by atoms with Gasteiger partial charge >= 0.3 is 0 Å². The van der Waals surface area contributed by atoms with Crippen LogP contribution in [0.4, 0.5) is 0 Å². The van der Waals surface area contributed by atoms with Crippen LogP contribution in [0, 0.1) is 11.3 Å². The smallest absolute Gasteiger partial charge is 0.233 e. The number of hydrogen-bond donors (Lipinski definition) is 2. The van der Waals surface area contributed by atoms with Crippen LogP contribution in [-0.2, 0) is 4.79 Å². The third kappa shape index (κ3) is 4.78. The largest absolute Gasteiger partial charge is 0.358 e. The Kier molecular flexibility index (Phi) is 4.46. The Morgan fingerprint density at radius 1 is 1.78 bits per heavy atom. The van der Waals surface area contributed by atoms with Crippen molar-refractivity contribution in [3.8, 4) is 6.07 Å². The molecule has 0 atom stereocenters. The number of rotatable bonds is 3. The molecule has 0 aromatic heterocycles. The van der Waals surface area contributed by atoms with Crippen LogP contribution in [0.25, 0.3) is 0 Å². The van der Waals surface area contributed by atoms with Crippen molar-refractivity contribution in [3.63, 3.8) is 0 Å².